The van der Waals surface area contributed by atoms with Crippen molar-refractivity contribution in [1.29, 1.82) is 0 Å². The molecule has 18 heavy (non-hydrogen) atoms. The van der Waals surface area contributed by atoms with E-state index < -0.39 is 17.7 Å². The fourth-order valence-electron chi connectivity index (χ4n) is 1.30. The molecule has 0 heterocycles. The summed E-state index contributed by atoms with van der Waals surface area (Å²) in [6.07, 6.45) is 0. The van der Waals surface area contributed by atoms with Gasteiger partial charge in [-0.3, -0.25) is 0 Å². The van der Waals surface area contributed by atoms with Crippen LogP contribution in [0.2, 0.25) is 0 Å². The summed E-state index contributed by atoms with van der Waals surface area (Å²) in [6.45, 7) is 0.589. The maximum Gasteiger partial charge on any atom is 0.322 e. The van der Waals surface area contributed by atoms with Gasteiger partial charge >= 0.3 is 6.03 Å². The Morgan fingerprint density at radius 2 is 1.83 bits per heavy atom. The Bertz CT molecular complexity index is 412. The number of halogens is 4. The van der Waals surface area contributed by atoms with Gasteiger partial charge < -0.3 is 10.2 Å². The Labute approximate surface area is 114 Å². The largest absolute Gasteiger partial charge is 0.322 e. The molecule has 0 aromatic heterocycles. The lowest BCUT2D eigenvalue weighted by Crippen LogP contribution is -2.38. The molecule has 0 unspecified atom stereocenters. The van der Waals surface area contributed by atoms with Crippen LogP contribution in [0.3, 0.4) is 0 Å². The molecule has 7 heteroatoms. The number of benzene rings is 1. The van der Waals surface area contributed by atoms with Crippen molar-refractivity contribution in [2.45, 2.75) is 0 Å². The third-order valence-corrected chi connectivity index (χ3v) is 2.51. The molecule has 1 aromatic carbocycles. The molecule has 0 aliphatic heterocycles. The molecule has 0 aliphatic carbocycles. The van der Waals surface area contributed by atoms with Gasteiger partial charge in [-0.1, -0.05) is 0 Å². The van der Waals surface area contributed by atoms with Crippen molar-refractivity contribution in [1.82, 2.24) is 4.90 Å². The van der Waals surface area contributed by atoms with Crippen molar-refractivity contribution in [2.75, 3.05) is 30.2 Å². The number of anilines is 1. The Kier molecular flexibility index (Phi) is 6.15. The van der Waals surface area contributed by atoms with Gasteiger partial charge in [0.15, 0.2) is 0 Å². The van der Waals surface area contributed by atoms with E-state index in [9.17, 15) is 13.6 Å². The van der Waals surface area contributed by atoms with Crippen LogP contribution in [-0.4, -0.2) is 35.8 Å². The predicted molar refractivity (Wildman–Crippen MR) is 68.4 cm³/mol. The first-order valence-corrected chi connectivity index (χ1v) is 6.28. The Balaban J connectivity index is 2.72. The first kappa shape index (κ1) is 15.0. The summed E-state index contributed by atoms with van der Waals surface area (Å²) < 4.78 is 26.0. The Morgan fingerprint density at radius 1 is 1.22 bits per heavy atom. The van der Waals surface area contributed by atoms with E-state index in [0.29, 0.717) is 19.2 Å². The molecular weight excluding hydrogens is 285 g/mol. The summed E-state index contributed by atoms with van der Waals surface area (Å²) in [6, 6.07) is 2.39. The second-order valence-electron chi connectivity index (χ2n) is 3.42. The number of carbonyl (C=O) groups excluding carboxylic acids is 1. The topological polar surface area (TPSA) is 32.3 Å². The maximum absolute atomic E-state index is 13.3. The molecule has 3 nitrogen and oxygen atoms in total. The van der Waals surface area contributed by atoms with Gasteiger partial charge in [-0.15, -0.1) is 23.2 Å². The van der Waals surface area contributed by atoms with Crippen LogP contribution in [0.15, 0.2) is 18.2 Å². The second kappa shape index (κ2) is 7.38. The molecule has 0 aliphatic rings. The summed E-state index contributed by atoms with van der Waals surface area (Å²) in [4.78, 5) is 13.1. The lowest BCUT2D eigenvalue weighted by Gasteiger charge is -2.21. The monoisotopic (exact) mass is 296 g/mol. The molecule has 100 valence electrons. The minimum absolute atomic E-state index is 0.0875. The summed E-state index contributed by atoms with van der Waals surface area (Å²) in [5, 5.41) is 2.34. The van der Waals surface area contributed by atoms with E-state index in [-0.39, 0.29) is 17.4 Å². The van der Waals surface area contributed by atoms with E-state index in [1.54, 1.807) is 0 Å². The highest BCUT2D eigenvalue weighted by atomic mass is 35.5. The average molecular weight is 297 g/mol. The maximum atomic E-state index is 13.3. The van der Waals surface area contributed by atoms with Crippen molar-refractivity contribution < 1.29 is 13.6 Å². The van der Waals surface area contributed by atoms with Crippen LogP contribution in [0.5, 0.6) is 0 Å². The van der Waals surface area contributed by atoms with Gasteiger partial charge in [0.1, 0.15) is 11.6 Å². The number of nitrogens with one attached hydrogen (secondary N) is 1. The lowest BCUT2D eigenvalue weighted by atomic mass is 10.3. The molecule has 0 saturated heterocycles. The number of amides is 2. The zero-order chi connectivity index (χ0) is 13.5. The smallest absolute Gasteiger partial charge is 0.322 e. The molecule has 2 amide bonds. The molecule has 1 aromatic rings. The second-order valence-corrected chi connectivity index (χ2v) is 4.18. The van der Waals surface area contributed by atoms with E-state index in [4.69, 9.17) is 23.2 Å². The highest BCUT2D eigenvalue weighted by Gasteiger charge is 2.14. The third-order valence-electron chi connectivity index (χ3n) is 2.17. The number of hydrogen-bond donors (Lipinski definition) is 1. The predicted octanol–water partition coefficient (Wildman–Crippen LogP) is 3.28. The molecular formula is C11H12Cl2F2N2O. The molecule has 0 spiro atoms. The number of nitrogens with zero attached hydrogens (tertiary/aromatic N) is 1. The number of urea groups is 1. The van der Waals surface area contributed by atoms with Crippen LogP contribution in [0.1, 0.15) is 0 Å². The van der Waals surface area contributed by atoms with Gasteiger partial charge in [0.05, 0.1) is 5.69 Å². The normalized spacial score (nSPS) is 10.2. The minimum Gasteiger partial charge on any atom is -0.322 e. The van der Waals surface area contributed by atoms with Gasteiger partial charge in [-0.2, -0.15) is 0 Å². The van der Waals surface area contributed by atoms with Gasteiger partial charge in [0.2, 0.25) is 0 Å². The molecule has 1 rings (SSSR count). The molecule has 0 radical (unpaired) electrons. The lowest BCUT2D eigenvalue weighted by molar-refractivity contribution is 0.217. The highest BCUT2D eigenvalue weighted by molar-refractivity contribution is 6.18. The van der Waals surface area contributed by atoms with E-state index in [0.717, 1.165) is 12.1 Å². The SMILES string of the molecule is O=C(Nc1ccc(F)cc1F)N(CCCl)CCCl. The van der Waals surface area contributed by atoms with Crippen LogP contribution < -0.4 is 5.32 Å². The average Bonchev–Trinajstić information content (AvgIpc) is 2.32. The van der Waals surface area contributed by atoms with Crippen LogP contribution in [0.25, 0.3) is 0 Å². The molecule has 0 atom stereocenters. The van der Waals surface area contributed by atoms with Gasteiger partial charge in [0.25, 0.3) is 0 Å². The number of carbonyl (C=O) groups is 1. The number of rotatable bonds is 5. The van der Waals surface area contributed by atoms with E-state index in [1.165, 1.54) is 4.90 Å². The van der Waals surface area contributed by atoms with E-state index in [2.05, 4.69) is 5.32 Å². The highest BCUT2D eigenvalue weighted by Crippen LogP contribution is 2.15. The number of hydrogen-bond acceptors (Lipinski definition) is 1. The van der Waals surface area contributed by atoms with Crippen LogP contribution in [0, 0.1) is 11.6 Å². The Hall–Kier alpha value is -1.07. The fourth-order valence-corrected chi connectivity index (χ4v) is 1.71. The third kappa shape index (κ3) is 4.31. The molecule has 0 saturated carbocycles. The zero-order valence-corrected chi connectivity index (χ0v) is 10.9. The van der Waals surface area contributed by atoms with E-state index >= 15 is 0 Å². The van der Waals surface area contributed by atoms with Crippen LogP contribution in [-0.2, 0) is 0 Å². The van der Waals surface area contributed by atoms with Crippen molar-refractivity contribution in [3.63, 3.8) is 0 Å². The van der Waals surface area contributed by atoms with Crippen molar-refractivity contribution in [3.05, 3.63) is 29.8 Å². The van der Waals surface area contributed by atoms with Crippen molar-refractivity contribution in [2.24, 2.45) is 0 Å². The standard InChI is InChI=1S/C11H12Cl2F2N2O/c12-3-5-17(6-4-13)11(18)16-10-2-1-8(14)7-9(10)15/h1-2,7H,3-6H2,(H,16,18). The van der Waals surface area contributed by atoms with Crippen molar-refractivity contribution >= 4 is 34.9 Å². The fraction of sp³-hybridized carbons (Fsp3) is 0.364. The van der Waals surface area contributed by atoms with Gasteiger partial charge in [0, 0.05) is 30.9 Å². The van der Waals surface area contributed by atoms with E-state index in [1.807, 2.05) is 0 Å². The molecule has 0 bridgehead atoms. The van der Waals surface area contributed by atoms with Crippen molar-refractivity contribution in [3.8, 4) is 0 Å². The van der Waals surface area contributed by atoms with Crippen LogP contribution in [0.4, 0.5) is 19.3 Å². The first-order valence-electron chi connectivity index (χ1n) is 5.21. The van der Waals surface area contributed by atoms with Gasteiger partial charge in [-0.25, -0.2) is 13.6 Å². The summed E-state index contributed by atoms with van der Waals surface area (Å²) in [7, 11) is 0. The molecule has 1 N–H and O–H groups in total. The summed E-state index contributed by atoms with van der Waals surface area (Å²) in [5.41, 5.74) is -0.0875. The quantitative estimate of drug-likeness (QED) is 0.831. The first-order chi connectivity index (χ1) is 8.58. The van der Waals surface area contributed by atoms with Gasteiger partial charge in [-0.05, 0) is 12.1 Å². The number of alkyl halides is 2. The zero-order valence-electron chi connectivity index (χ0n) is 9.43. The minimum atomic E-state index is -0.833. The molecule has 0 fully saturated rings. The Morgan fingerprint density at radius 3 is 2.33 bits per heavy atom. The summed E-state index contributed by atoms with van der Waals surface area (Å²) in [5.74, 6) is -1.05. The van der Waals surface area contributed by atoms with Crippen LogP contribution >= 0.6 is 23.2 Å². The summed E-state index contributed by atoms with van der Waals surface area (Å²) >= 11 is 11.1.